The van der Waals surface area contributed by atoms with E-state index >= 15 is 0 Å². The lowest BCUT2D eigenvalue weighted by molar-refractivity contribution is 0.0787. The highest BCUT2D eigenvalue weighted by Gasteiger charge is 2.13. The summed E-state index contributed by atoms with van der Waals surface area (Å²) in [5.74, 6) is 1.86. The molecule has 0 saturated heterocycles. The van der Waals surface area contributed by atoms with Gasteiger partial charge in [0.05, 0.1) is 13.7 Å². The Bertz CT molecular complexity index is 691. The number of nitrogens with one attached hydrogen (secondary N) is 1. The molecule has 0 aliphatic heterocycles. The summed E-state index contributed by atoms with van der Waals surface area (Å²) in [5, 5.41) is 3.07. The van der Waals surface area contributed by atoms with Crippen molar-refractivity contribution in [1.82, 2.24) is 14.9 Å². The summed E-state index contributed by atoms with van der Waals surface area (Å²) < 4.78 is 10.7. The van der Waals surface area contributed by atoms with Crippen LogP contribution in [0.2, 0.25) is 0 Å². The van der Waals surface area contributed by atoms with E-state index in [1.165, 1.54) is 0 Å². The number of hydrogen-bond acceptors (Lipinski definition) is 6. The van der Waals surface area contributed by atoms with E-state index in [4.69, 9.17) is 9.47 Å². The fourth-order valence-electron chi connectivity index (χ4n) is 2.26. The number of nitrogens with zero attached hydrogens (tertiary/aromatic N) is 3. The highest BCUT2D eigenvalue weighted by molar-refractivity contribution is 5.92. The van der Waals surface area contributed by atoms with Gasteiger partial charge in [-0.1, -0.05) is 13.3 Å². The van der Waals surface area contributed by atoms with Crippen LogP contribution < -0.4 is 14.8 Å². The Labute approximate surface area is 154 Å². The van der Waals surface area contributed by atoms with Gasteiger partial charge in [-0.15, -0.1) is 0 Å². The van der Waals surface area contributed by atoms with Crippen LogP contribution in [0, 0.1) is 0 Å². The van der Waals surface area contributed by atoms with Gasteiger partial charge in [0.2, 0.25) is 5.95 Å². The van der Waals surface area contributed by atoms with E-state index < -0.39 is 0 Å². The molecule has 1 aromatic heterocycles. The maximum absolute atomic E-state index is 12.3. The van der Waals surface area contributed by atoms with Crippen LogP contribution in [0.5, 0.6) is 11.5 Å². The molecule has 2 rings (SSSR count). The van der Waals surface area contributed by atoms with Crippen molar-refractivity contribution in [3.63, 3.8) is 0 Å². The van der Waals surface area contributed by atoms with Crippen molar-refractivity contribution in [2.45, 2.75) is 19.8 Å². The lowest BCUT2D eigenvalue weighted by Gasteiger charge is -2.16. The molecule has 2 aromatic rings. The highest BCUT2D eigenvalue weighted by atomic mass is 16.5. The number of amides is 1. The third-order valence-corrected chi connectivity index (χ3v) is 3.78. The Kier molecular flexibility index (Phi) is 7.67. The van der Waals surface area contributed by atoms with Crippen molar-refractivity contribution in [1.29, 1.82) is 0 Å². The van der Waals surface area contributed by atoms with Gasteiger partial charge in [-0.3, -0.25) is 4.79 Å². The van der Waals surface area contributed by atoms with Gasteiger partial charge in [-0.05, 0) is 36.8 Å². The fraction of sp³-hybridized carbons (Fsp3) is 0.421. The van der Waals surface area contributed by atoms with Gasteiger partial charge in [0, 0.05) is 19.8 Å². The monoisotopic (exact) mass is 358 g/mol. The molecule has 0 radical (unpaired) electrons. The second kappa shape index (κ2) is 10.2. The van der Waals surface area contributed by atoms with Gasteiger partial charge in [0.25, 0.3) is 5.91 Å². The maximum Gasteiger partial charge on any atom is 0.272 e. The minimum atomic E-state index is -0.0987. The lowest BCUT2D eigenvalue weighted by atomic mass is 10.3. The van der Waals surface area contributed by atoms with Crippen LogP contribution in [-0.2, 0) is 0 Å². The second-order valence-electron chi connectivity index (χ2n) is 5.80. The van der Waals surface area contributed by atoms with Crippen LogP contribution in [0.3, 0.4) is 0 Å². The van der Waals surface area contributed by atoms with Crippen LogP contribution in [-0.4, -0.2) is 54.6 Å². The van der Waals surface area contributed by atoms with Gasteiger partial charge in [-0.25, -0.2) is 9.97 Å². The number of unbranched alkanes of at least 4 members (excludes halogenated alkanes) is 1. The van der Waals surface area contributed by atoms with Crippen molar-refractivity contribution in [2.75, 3.05) is 39.2 Å². The topological polar surface area (TPSA) is 76.6 Å². The van der Waals surface area contributed by atoms with Gasteiger partial charge >= 0.3 is 0 Å². The number of ether oxygens (including phenoxy) is 2. The summed E-state index contributed by atoms with van der Waals surface area (Å²) in [6.07, 6.45) is 3.60. The minimum Gasteiger partial charge on any atom is -0.497 e. The summed E-state index contributed by atoms with van der Waals surface area (Å²) in [4.78, 5) is 22.5. The minimum absolute atomic E-state index is 0.0987. The van der Waals surface area contributed by atoms with Crippen molar-refractivity contribution in [3.05, 3.63) is 42.2 Å². The Morgan fingerprint density at radius 3 is 2.62 bits per heavy atom. The average Bonchev–Trinajstić information content (AvgIpc) is 2.69. The van der Waals surface area contributed by atoms with Crippen LogP contribution in [0.15, 0.2) is 36.5 Å². The number of carbonyl (C=O) groups is 1. The van der Waals surface area contributed by atoms with E-state index in [1.807, 2.05) is 24.3 Å². The second-order valence-corrected chi connectivity index (χ2v) is 5.80. The number of anilines is 1. The zero-order valence-corrected chi connectivity index (χ0v) is 15.6. The van der Waals surface area contributed by atoms with Crippen LogP contribution >= 0.6 is 0 Å². The van der Waals surface area contributed by atoms with Gasteiger partial charge < -0.3 is 19.7 Å². The van der Waals surface area contributed by atoms with Crippen molar-refractivity contribution >= 4 is 11.9 Å². The normalized spacial score (nSPS) is 10.3. The van der Waals surface area contributed by atoms with Crippen LogP contribution in [0.1, 0.15) is 30.3 Å². The molecule has 0 saturated carbocycles. The van der Waals surface area contributed by atoms with Crippen molar-refractivity contribution < 1.29 is 14.3 Å². The number of methoxy groups -OCH3 is 1. The molecule has 26 heavy (non-hydrogen) atoms. The molecule has 140 valence electrons. The van der Waals surface area contributed by atoms with E-state index in [-0.39, 0.29) is 5.91 Å². The average molecular weight is 358 g/mol. The third-order valence-electron chi connectivity index (χ3n) is 3.78. The predicted octanol–water partition coefficient (Wildman–Crippen LogP) is 2.85. The number of carbonyl (C=O) groups excluding carboxylic acids is 1. The summed E-state index contributed by atoms with van der Waals surface area (Å²) in [6, 6.07) is 9.01. The first kappa shape index (κ1) is 19.5. The van der Waals surface area contributed by atoms with E-state index in [2.05, 4.69) is 22.2 Å². The first-order valence-corrected chi connectivity index (χ1v) is 8.73. The molecule has 0 bridgehead atoms. The molecule has 1 aromatic carbocycles. The van der Waals surface area contributed by atoms with E-state index in [0.29, 0.717) is 24.8 Å². The molecule has 0 fully saturated rings. The van der Waals surface area contributed by atoms with Gasteiger partial charge in [-0.2, -0.15) is 0 Å². The van der Waals surface area contributed by atoms with Gasteiger partial charge in [0.15, 0.2) is 0 Å². The molecule has 1 N–H and O–H groups in total. The molecule has 0 spiro atoms. The number of rotatable bonds is 10. The molecule has 0 aliphatic carbocycles. The van der Waals surface area contributed by atoms with E-state index in [0.717, 1.165) is 30.9 Å². The molecule has 7 nitrogen and oxygen atoms in total. The molecular formula is C19H26N4O3. The quantitative estimate of drug-likeness (QED) is 0.658. The Morgan fingerprint density at radius 2 is 1.92 bits per heavy atom. The SMILES string of the molecule is CCCCN(C)C(=O)c1ccnc(NCCOc2ccc(OC)cc2)n1. The standard InChI is InChI=1S/C19H26N4O3/c1-4-5-13-23(2)18(24)17-10-11-20-19(22-17)21-12-14-26-16-8-6-15(25-3)7-9-16/h6-11H,4-5,12-14H2,1-3H3,(H,20,21,22). The predicted molar refractivity (Wildman–Crippen MR) is 101 cm³/mol. The smallest absolute Gasteiger partial charge is 0.272 e. The van der Waals surface area contributed by atoms with Gasteiger partial charge in [0.1, 0.15) is 23.8 Å². The Balaban J connectivity index is 1.81. The molecule has 0 atom stereocenters. The van der Waals surface area contributed by atoms with Crippen molar-refractivity contribution in [3.8, 4) is 11.5 Å². The Hall–Kier alpha value is -2.83. The fourth-order valence-corrected chi connectivity index (χ4v) is 2.26. The first-order chi connectivity index (χ1) is 12.6. The largest absolute Gasteiger partial charge is 0.497 e. The molecule has 0 unspecified atom stereocenters. The van der Waals surface area contributed by atoms with E-state index in [9.17, 15) is 4.79 Å². The zero-order chi connectivity index (χ0) is 18.8. The third kappa shape index (κ3) is 5.91. The first-order valence-electron chi connectivity index (χ1n) is 8.73. The molecule has 7 heteroatoms. The summed E-state index contributed by atoms with van der Waals surface area (Å²) >= 11 is 0. The summed E-state index contributed by atoms with van der Waals surface area (Å²) in [6.45, 7) is 3.79. The zero-order valence-electron chi connectivity index (χ0n) is 15.6. The summed E-state index contributed by atoms with van der Waals surface area (Å²) in [7, 11) is 3.41. The summed E-state index contributed by atoms with van der Waals surface area (Å²) in [5.41, 5.74) is 0.386. The van der Waals surface area contributed by atoms with E-state index in [1.54, 1.807) is 31.3 Å². The van der Waals surface area contributed by atoms with Crippen molar-refractivity contribution in [2.24, 2.45) is 0 Å². The number of aromatic nitrogens is 2. The molecule has 1 amide bonds. The molecular weight excluding hydrogens is 332 g/mol. The van der Waals surface area contributed by atoms with Crippen LogP contribution in [0.25, 0.3) is 0 Å². The Morgan fingerprint density at radius 1 is 1.19 bits per heavy atom. The number of benzene rings is 1. The molecule has 0 aliphatic rings. The number of hydrogen-bond donors (Lipinski definition) is 1. The van der Waals surface area contributed by atoms with Crippen LogP contribution in [0.4, 0.5) is 5.95 Å². The lowest BCUT2D eigenvalue weighted by Crippen LogP contribution is -2.28. The molecule has 1 heterocycles. The maximum atomic E-state index is 12.3. The highest BCUT2D eigenvalue weighted by Crippen LogP contribution is 2.16.